The Morgan fingerprint density at radius 2 is 1.91 bits per heavy atom. The molecule has 5 nitrogen and oxygen atoms in total. The second kappa shape index (κ2) is 7.31. The second-order valence-corrected chi connectivity index (χ2v) is 6.03. The van der Waals surface area contributed by atoms with Crippen molar-refractivity contribution in [1.29, 1.82) is 0 Å². The van der Waals surface area contributed by atoms with Crippen LogP contribution in [0.2, 0.25) is 0 Å². The molecule has 0 aromatic carbocycles. The number of nitrogens with zero attached hydrogens (tertiary/aromatic N) is 4. The van der Waals surface area contributed by atoms with Crippen LogP contribution < -0.4 is 5.32 Å². The van der Waals surface area contributed by atoms with Gasteiger partial charge in [0, 0.05) is 18.6 Å². The van der Waals surface area contributed by atoms with Crippen LogP contribution in [0.4, 0.5) is 11.8 Å². The Bertz CT molecular complexity index is 579. The first kappa shape index (κ1) is 14.9. The Morgan fingerprint density at radius 1 is 1.14 bits per heavy atom. The van der Waals surface area contributed by atoms with E-state index in [2.05, 4.69) is 44.3 Å². The van der Waals surface area contributed by atoms with Crippen molar-refractivity contribution in [3.8, 4) is 0 Å². The van der Waals surface area contributed by atoms with Crippen molar-refractivity contribution in [2.45, 2.75) is 25.7 Å². The molecule has 1 N–H and O–H groups in total. The van der Waals surface area contributed by atoms with Gasteiger partial charge in [0.15, 0.2) is 0 Å². The van der Waals surface area contributed by atoms with Gasteiger partial charge in [-0.2, -0.15) is 0 Å². The SMILES string of the molecule is CN1CCC(CCc2ccnc(Nc3ncccn3)c2)CC1. The van der Waals surface area contributed by atoms with Crippen LogP contribution in [0.15, 0.2) is 36.8 Å². The van der Waals surface area contributed by atoms with E-state index in [0.717, 1.165) is 18.2 Å². The van der Waals surface area contributed by atoms with Gasteiger partial charge in [-0.05, 0) is 75.5 Å². The standard InChI is InChI=1S/C17H23N5/c1-22-11-6-14(7-12-22)3-4-15-5-10-18-16(13-15)21-17-19-8-2-9-20-17/h2,5,8-10,13-14H,3-4,6-7,11-12H2,1H3,(H,18,19,20,21). The summed E-state index contributed by atoms with van der Waals surface area (Å²) < 4.78 is 0. The summed E-state index contributed by atoms with van der Waals surface area (Å²) in [5.41, 5.74) is 1.33. The van der Waals surface area contributed by atoms with Crippen LogP contribution in [-0.4, -0.2) is 40.0 Å². The first-order valence-electron chi connectivity index (χ1n) is 7.97. The lowest BCUT2D eigenvalue weighted by Crippen LogP contribution is -2.30. The maximum atomic E-state index is 4.34. The summed E-state index contributed by atoms with van der Waals surface area (Å²) in [4.78, 5) is 15.1. The van der Waals surface area contributed by atoms with Crippen molar-refractivity contribution in [2.75, 3.05) is 25.5 Å². The molecule has 0 radical (unpaired) electrons. The molecule has 22 heavy (non-hydrogen) atoms. The van der Waals surface area contributed by atoms with Gasteiger partial charge in [-0.1, -0.05) is 0 Å². The van der Waals surface area contributed by atoms with Gasteiger partial charge in [0.2, 0.25) is 5.95 Å². The molecule has 3 heterocycles. The van der Waals surface area contributed by atoms with E-state index in [1.807, 2.05) is 6.20 Å². The summed E-state index contributed by atoms with van der Waals surface area (Å²) in [5.74, 6) is 2.26. The van der Waals surface area contributed by atoms with Crippen LogP contribution in [0, 0.1) is 5.92 Å². The van der Waals surface area contributed by atoms with Gasteiger partial charge < -0.3 is 10.2 Å². The summed E-state index contributed by atoms with van der Waals surface area (Å²) in [5, 5.41) is 3.15. The average molecular weight is 297 g/mol. The van der Waals surface area contributed by atoms with E-state index in [0.29, 0.717) is 5.95 Å². The predicted octanol–water partition coefficient (Wildman–Crippen LogP) is 2.89. The largest absolute Gasteiger partial charge is 0.309 e. The van der Waals surface area contributed by atoms with Gasteiger partial charge in [-0.25, -0.2) is 15.0 Å². The van der Waals surface area contributed by atoms with Crippen molar-refractivity contribution in [2.24, 2.45) is 5.92 Å². The molecular formula is C17H23N5. The fourth-order valence-corrected chi connectivity index (χ4v) is 2.90. The van der Waals surface area contributed by atoms with E-state index in [1.165, 1.54) is 37.9 Å². The lowest BCUT2D eigenvalue weighted by Gasteiger charge is -2.28. The van der Waals surface area contributed by atoms with Gasteiger partial charge >= 0.3 is 0 Å². The molecule has 1 saturated heterocycles. The summed E-state index contributed by atoms with van der Waals surface area (Å²) in [6.07, 6.45) is 10.3. The maximum absolute atomic E-state index is 4.34. The van der Waals surface area contributed by atoms with Gasteiger partial charge in [-0.15, -0.1) is 0 Å². The number of aromatic nitrogens is 3. The first-order chi connectivity index (χ1) is 10.8. The number of likely N-dealkylation sites (tertiary alicyclic amines) is 1. The number of hydrogen-bond donors (Lipinski definition) is 1. The van der Waals surface area contributed by atoms with Crippen LogP contribution in [0.5, 0.6) is 0 Å². The highest BCUT2D eigenvalue weighted by atomic mass is 15.1. The minimum atomic E-state index is 0.586. The van der Waals surface area contributed by atoms with E-state index in [9.17, 15) is 0 Å². The van der Waals surface area contributed by atoms with Crippen LogP contribution >= 0.6 is 0 Å². The Hall–Kier alpha value is -2.01. The van der Waals surface area contributed by atoms with Crippen LogP contribution in [-0.2, 0) is 6.42 Å². The monoisotopic (exact) mass is 297 g/mol. The molecule has 0 amide bonds. The molecule has 1 fully saturated rings. The molecule has 0 saturated carbocycles. The quantitative estimate of drug-likeness (QED) is 0.919. The molecule has 5 heteroatoms. The zero-order chi connectivity index (χ0) is 15.2. The molecule has 2 aromatic heterocycles. The number of pyridine rings is 1. The molecule has 0 aliphatic carbocycles. The predicted molar refractivity (Wildman–Crippen MR) is 88.1 cm³/mol. The van der Waals surface area contributed by atoms with E-state index in [4.69, 9.17) is 0 Å². The van der Waals surface area contributed by atoms with Gasteiger partial charge in [0.1, 0.15) is 5.82 Å². The number of nitrogens with one attached hydrogen (secondary N) is 1. The minimum absolute atomic E-state index is 0.586. The van der Waals surface area contributed by atoms with E-state index < -0.39 is 0 Å². The van der Waals surface area contributed by atoms with Crippen molar-refractivity contribution < 1.29 is 0 Å². The molecule has 0 bridgehead atoms. The van der Waals surface area contributed by atoms with Crippen molar-refractivity contribution in [3.63, 3.8) is 0 Å². The van der Waals surface area contributed by atoms with Gasteiger partial charge in [0.25, 0.3) is 0 Å². The fraction of sp³-hybridized carbons (Fsp3) is 0.471. The normalized spacial score (nSPS) is 16.6. The molecule has 116 valence electrons. The van der Waals surface area contributed by atoms with Crippen molar-refractivity contribution >= 4 is 11.8 Å². The molecule has 3 rings (SSSR count). The van der Waals surface area contributed by atoms with Crippen LogP contribution in [0.25, 0.3) is 0 Å². The number of rotatable bonds is 5. The number of hydrogen-bond acceptors (Lipinski definition) is 5. The number of piperidine rings is 1. The highest BCUT2D eigenvalue weighted by molar-refractivity contribution is 5.48. The lowest BCUT2D eigenvalue weighted by molar-refractivity contribution is 0.212. The van der Waals surface area contributed by atoms with Gasteiger partial charge in [-0.3, -0.25) is 0 Å². The lowest BCUT2D eigenvalue weighted by atomic mass is 9.91. The Balaban J connectivity index is 1.55. The summed E-state index contributed by atoms with van der Waals surface area (Å²) in [6, 6.07) is 6.01. The highest BCUT2D eigenvalue weighted by Gasteiger charge is 2.16. The summed E-state index contributed by atoms with van der Waals surface area (Å²) >= 11 is 0. The number of anilines is 2. The molecule has 2 aromatic rings. The molecule has 0 spiro atoms. The number of aryl methyl sites for hydroxylation is 1. The van der Waals surface area contributed by atoms with Gasteiger partial charge in [0.05, 0.1) is 0 Å². The Morgan fingerprint density at radius 3 is 2.68 bits per heavy atom. The van der Waals surface area contributed by atoms with Crippen LogP contribution in [0.3, 0.4) is 0 Å². The summed E-state index contributed by atoms with van der Waals surface area (Å²) in [7, 11) is 2.21. The van der Waals surface area contributed by atoms with E-state index >= 15 is 0 Å². The van der Waals surface area contributed by atoms with E-state index in [1.54, 1.807) is 18.5 Å². The summed E-state index contributed by atoms with van der Waals surface area (Å²) in [6.45, 7) is 2.47. The molecule has 1 aliphatic rings. The maximum Gasteiger partial charge on any atom is 0.228 e. The fourth-order valence-electron chi connectivity index (χ4n) is 2.90. The third-order valence-corrected chi connectivity index (χ3v) is 4.31. The van der Waals surface area contributed by atoms with E-state index in [-0.39, 0.29) is 0 Å². The minimum Gasteiger partial charge on any atom is -0.309 e. The Labute approximate surface area is 131 Å². The molecular weight excluding hydrogens is 274 g/mol. The molecule has 1 aliphatic heterocycles. The average Bonchev–Trinajstić information content (AvgIpc) is 2.56. The smallest absolute Gasteiger partial charge is 0.228 e. The first-order valence-corrected chi connectivity index (χ1v) is 7.97. The van der Waals surface area contributed by atoms with Crippen molar-refractivity contribution in [1.82, 2.24) is 19.9 Å². The Kier molecular flexibility index (Phi) is 4.96. The zero-order valence-corrected chi connectivity index (χ0v) is 13.1. The molecule has 0 unspecified atom stereocenters. The topological polar surface area (TPSA) is 53.9 Å². The zero-order valence-electron chi connectivity index (χ0n) is 13.1. The van der Waals surface area contributed by atoms with Crippen molar-refractivity contribution in [3.05, 3.63) is 42.4 Å². The second-order valence-electron chi connectivity index (χ2n) is 6.03. The molecule has 0 atom stereocenters. The van der Waals surface area contributed by atoms with Crippen LogP contribution in [0.1, 0.15) is 24.8 Å². The highest BCUT2D eigenvalue weighted by Crippen LogP contribution is 2.22. The third kappa shape index (κ3) is 4.24. The third-order valence-electron chi connectivity index (χ3n) is 4.31.